The third-order valence-corrected chi connectivity index (χ3v) is 12.2. The second-order valence-electron chi connectivity index (χ2n) is 18.0. The van der Waals surface area contributed by atoms with Gasteiger partial charge < -0.3 is 36.7 Å². The van der Waals surface area contributed by atoms with E-state index < -0.39 is 29.8 Å². The number of nitrogens with two attached hydrogens (primary N) is 3. The van der Waals surface area contributed by atoms with Gasteiger partial charge in [-0.2, -0.15) is 0 Å². The van der Waals surface area contributed by atoms with Crippen molar-refractivity contribution in [3.05, 3.63) is 145 Å². The van der Waals surface area contributed by atoms with E-state index in [1.165, 1.54) is 5.56 Å². The third-order valence-electron chi connectivity index (χ3n) is 12.2. The van der Waals surface area contributed by atoms with E-state index in [9.17, 15) is 19.2 Å². The molecule has 6 rings (SSSR count). The van der Waals surface area contributed by atoms with Crippen molar-refractivity contribution in [3.8, 4) is 22.6 Å². The number of nitrogens with one attached hydrogen (secondary N) is 1. The van der Waals surface area contributed by atoms with E-state index in [0.29, 0.717) is 56.8 Å². The Labute approximate surface area is 406 Å². The second-order valence-corrected chi connectivity index (χ2v) is 18.0. The zero-order valence-corrected chi connectivity index (χ0v) is 39.9. The minimum absolute atomic E-state index is 0.0821. The smallest absolute Gasteiger partial charge is 0.309 e. The van der Waals surface area contributed by atoms with Crippen LogP contribution < -0.4 is 32.0 Å². The third kappa shape index (κ3) is 15.5. The van der Waals surface area contributed by atoms with Crippen molar-refractivity contribution >= 4 is 50.9 Å². The largest absolute Gasteiger partial charge is 0.493 e. The molecule has 0 saturated heterocycles. The molecule has 362 valence electrons. The Bertz CT molecular complexity index is 2650. The molecule has 12 heteroatoms. The van der Waals surface area contributed by atoms with Crippen LogP contribution in [0.25, 0.3) is 32.7 Å². The molecule has 0 aromatic heterocycles. The number of hydrogen-bond donors (Lipinski definition) is 4. The number of Topliss-reactive ketones (excluding diaryl/α,β-unsaturated/α-hetero) is 2. The van der Waals surface area contributed by atoms with Crippen LogP contribution in [-0.2, 0) is 36.9 Å². The molecule has 12 nitrogen and oxygen atoms in total. The van der Waals surface area contributed by atoms with Crippen molar-refractivity contribution in [2.45, 2.75) is 84.3 Å². The van der Waals surface area contributed by atoms with Gasteiger partial charge in [-0.15, -0.1) is 0 Å². The number of benzene rings is 6. The monoisotopic (exact) mass is 934 g/mol. The quantitative estimate of drug-likeness (QED) is 0.0159. The number of rotatable bonds is 28. The Morgan fingerprint density at radius 3 is 1.84 bits per heavy atom. The van der Waals surface area contributed by atoms with Gasteiger partial charge in [0.2, 0.25) is 5.91 Å². The van der Waals surface area contributed by atoms with Crippen LogP contribution in [0, 0.1) is 17.8 Å². The summed E-state index contributed by atoms with van der Waals surface area (Å²) in [6.45, 7) is 4.85. The Hall–Kier alpha value is -7.05. The lowest BCUT2D eigenvalue weighted by molar-refractivity contribution is -0.152. The summed E-state index contributed by atoms with van der Waals surface area (Å²) in [6, 6.07) is 42.7. The van der Waals surface area contributed by atoms with Crippen molar-refractivity contribution < 1.29 is 33.4 Å². The lowest BCUT2D eigenvalue weighted by atomic mass is 9.89. The topological polar surface area (TPSA) is 198 Å². The standard InChI is InChI=1S/C57H67N5O7/c1-39(2)34-45(56(66)69-37-41-18-7-4-8-19-41)36-50(64)49(25-15-32-61-57(59)60)62-55(65)44(22-13-14-31-58)35-46(63)38-68-52-29-27-43-21-10-12-24-48(43)54(52)53-47-23-11-9-20-42(47)26-28-51(53)67-33-30-40-16-5-3-6-17-40/h3-12,16-21,23-24,26-29,39,44-45,49H,13-15,22,25,30-38,58H2,1-2H3,(H,62,65)(H4,59,60,61)/t44-,45+,49+/m0/s1. The summed E-state index contributed by atoms with van der Waals surface area (Å²) >= 11 is 0. The zero-order valence-electron chi connectivity index (χ0n) is 39.9. The number of ketones is 2. The highest BCUT2D eigenvalue weighted by molar-refractivity contribution is 6.10. The highest BCUT2D eigenvalue weighted by Crippen LogP contribution is 2.45. The number of amides is 1. The summed E-state index contributed by atoms with van der Waals surface area (Å²) in [6.07, 6.45) is 3.10. The molecule has 0 aliphatic heterocycles. The average molecular weight is 934 g/mol. The van der Waals surface area contributed by atoms with Crippen molar-refractivity contribution in [1.29, 1.82) is 0 Å². The summed E-state index contributed by atoms with van der Waals surface area (Å²) in [4.78, 5) is 60.2. The van der Waals surface area contributed by atoms with Crippen LogP contribution in [0.3, 0.4) is 0 Å². The van der Waals surface area contributed by atoms with Crippen LogP contribution in [0.4, 0.5) is 0 Å². The van der Waals surface area contributed by atoms with Gasteiger partial charge in [0.15, 0.2) is 17.5 Å². The van der Waals surface area contributed by atoms with E-state index in [1.54, 1.807) is 0 Å². The second kappa shape index (κ2) is 26.5. The molecular formula is C57H67N5O7. The number of hydrogen-bond acceptors (Lipinski definition) is 9. The molecule has 1 amide bonds. The molecule has 0 aliphatic carbocycles. The highest BCUT2D eigenvalue weighted by Gasteiger charge is 2.32. The number of esters is 1. The molecule has 0 unspecified atom stereocenters. The molecule has 69 heavy (non-hydrogen) atoms. The van der Waals surface area contributed by atoms with Gasteiger partial charge in [0.25, 0.3) is 0 Å². The predicted octanol–water partition coefficient (Wildman–Crippen LogP) is 9.27. The molecule has 3 atom stereocenters. The van der Waals surface area contributed by atoms with Gasteiger partial charge in [-0.05, 0) is 89.4 Å². The predicted molar refractivity (Wildman–Crippen MR) is 275 cm³/mol. The number of fused-ring (bicyclic) bond motifs is 2. The lowest BCUT2D eigenvalue weighted by Gasteiger charge is -2.24. The van der Waals surface area contributed by atoms with Gasteiger partial charge in [-0.1, -0.05) is 142 Å². The van der Waals surface area contributed by atoms with Crippen molar-refractivity contribution in [1.82, 2.24) is 5.32 Å². The normalized spacial score (nSPS) is 12.5. The maximum atomic E-state index is 14.3. The van der Waals surface area contributed by atoms with E-state index in [4.69, 9.17) is 31.4 Å². The number of aliphatic imine (C=N–C) groups is 1. The van der Waals surface area contributed by atoms with Crippen molar-refractivity contribution in [2.75, 3.05) is 26.3 Å². The first kappa shape index (κ1) is 51.3. The number of ether oxygens (including phenoxy) is 3. The van der Waals surface area contributed by atoms with Crippen LogP contribution in [0.2, 0.25) is 0 Å². The molecule has 6 aromatic carbocycles. The van der Waals surface area contributed by atoms with E-state index in [1.807, 2.05) is 117 Å². The van der Waals surface area contributed by atoms with Crippen LogP contribution in [0.1, 0.15) is 76.3 Å². The van der Waals surface area contributed by atoms with Crippen molar-refractivity contribution in [2.24, 2.45) is 39.9 Å². The van der Waals surface area contributed by atoms with Crippen LogP contribution >= 0.6 is 0 Å². The van der Waals surface area contributed by atoms with Crippen LogP contribution in [0.15, 0.2) is 138 Å². The van der Waals surface area contributed by atoms with Crippen LogP contribution in [0.5, 0.6) is 11.5 Å². The molecule has 0 aliphatic rings. The Kier molecular flexibility index (Phi) is 19.7. The fourth-order valence-corrected chi connectivity index (χ4v) is 8.71. The molecule has 6 aromatic rings. The molecule has 7 N–H and O–H groups in total. The fraction of sp³-hybridized carbons (Fsp3) is 0.351. The molecule has 0 saturated carbocycles. The lowest BCUT2D eigenvalue weighted by Crippen LogP contribution is -2.45. The van der Waals surface area contributed by atoms with Gasteiger partial charge in [0, 0.05) is 42.9 Å². The Morgan fingerprint density at radius 2 is 1.23 bits per heavy atom. The van der Waals surface area contributed by atoms with E-state index >= 15 is 0 Å². The minimum atomic E-state index is -0.961. The minimum Gasteiger partial charge on any atom is -0.493 e. The van der Waals surface area contributed by atoms with Gasteiger partial charge in [-0.3, -0.25) is 24.2 Å². The number of carbonyl (C=O) groups is 4. The molecule has 0 bridgehead atoms. The molecular weight excluding hydrogens is 867 g/mol. The fourth-order valence-electron chi connectivity index (χ4n) is 8.71. The highest BCUT2D eigenvalue weighted by atomic mass is 16.5. The number of nitrogens with zero attached hydrogens (tertiary/aromatic N) is 1. The first-order valence-corrected chi connectivity index (χ1v) is 24.1. The van der Waals surface area contributed by atoms with Gasteiger partial charge in [0.05, 0.1) is 18.6 Å². The van der Waals surface area contributed by atoms with E-state index in [-0.39, 0.29) is 62.5 Å². The number of guanidine groups is 1. The number of carbonyl (C=O) groups excluding carboxylic acids is 4. The molecule has 0 fully saturated rings. The summed E-state index contributed by atoms with van der Waals surface area (Å²) in [5.41, 5.74) is 20.7. The van der Waals surface area contributed by atoms with Gasteiger partial charge >= 0.3 is 5.97 Å². The van der Waals surface area contributed by atoms with Crippen molar-refractivity contribution in [3.63, 3.8) is 0 Å². The molecule has 0 heterocycles. The SMILES string of the molecule is CC(C)C[C@H](CC(=O)[C@@H](CCCN=C(N)N)NC(=O)[C@@H](CCCCN)CC(=O)COc1ccc2ccccc2c1-c1c(OCCc2ccccc2)ccc2ccccc12)C(=O)OCc1ccccc1. The first-order chi connectivity index (χ1) is 33.5. The van der Waals surface area contributed by atoms with Gasteiger partial charge in [0.1, 0.15) is 24.7 Å². The Morgan fingerprint density at radius 1 is 0.638 bits per heavy atom. The van der Waals surface area contributed by atoms with E-state index in [2.05, 4.69) is 40.6 Å². The maximum absolute atomic E-state index is 14.3. The zero-order chi connectivity index (χ0) is 49.0. The number of unbranched alkanes of at least 4 members (excludes halogenated alkanes) is 1. The van der Waals surface area contributed by atoms with Gasteiger partial charge in [-0.25, -0.2) is 0 Å². The van der Waals surface area contributed by atoms with Crippen LogP contribution in [-0.4, -0.2) is 61.7 Å². The molecule has 0 spiro atoms. The summed E-state index contributed by atoms with van der Waals surface area (Å²) in [5.74, 6) is -1.80. The molecule has 0 radical (unpaired) electrons. The summed E-state index contributed by atoms with van der Waals surface area (Å²) in [5, 5.41) is 6.90. The summed E-state index contributed by atoms with van der Waals surface area (Å²) in [7, 11) is 0. The summed E-state index contributed by atoms with van der Waals surface area (Å²) < 4.78 is 18.8. The Balaban J connectivity index is 1.22. The maximum Gasteiger partial charge on any atom is 0.309 e. The average Bonchev–Trinajstić information content (AvgIpc) is 3.35. The van der Waals surface area contributed by atoms with E-state index in [0.717, 1.165) is 44.7 Å². The first-order valence-electron chi connectivity index (χ1n) is 24.1.